The summed E-state index contributed by atoms with van der Waals surface area (Å²) in [5.74, 6) is -0.189. The number of carbonyl (C=O) groups is 1. The molecule has 2 N–H and O–H groups in total. The molecule has 1 aliphatic carbocycles. The van der Waals surface area contributed by atoms with Gasteiger partial charge in [-0.05, 0) is 30.5 Å². The minimum atomic E-state index is -0.189. The molecule has 4 nitrogen and oxygen atoms in total. The molecule has 0 bridgehead atoms. The second kappa shape index (κ2) is 4.68. The molecule has 1 saturated carbocycles. The fourth-order valence-electron chi connectivity index (χ4n) is 1.29. The summed E-state index contributed by atoms with van der Waals surface area (Å²) in [7, 11) is 0. The molecule has 1 aromatic heterocycles. The van der Waals surface area contributed by atoms with Crippen molar-refractivity contribution in [2.75, 3.05) is 13.1 Å². The Hall–Kier alpha value is -1.00. The Kier molecular flexibility index (Phi) is 3.28. The van der Waals surface area contributed by atoms with Gasteiger partial charge < -0.3 is 15.1 Å². The minimum Gasteiger partial charge on any atom is -0.452 e. The van der Waals surface area contributed by atoms with Gasteiger partial charge >= 0.3 is 0 Å². The van der Waals surface area contributed by atoms with Crippen LogP contribution in [0.5, 0.6) is 0 Å². The van der Waals surface area contributed by atoms with E-state index in [1.54, 1.807) is 6.07 Å². The molecule has 0 aromatic carbocycles. The first-order valence-corrected chi connectivity index (χ1v) is 5.40. The van der Waals surface area contributed by atoms with Crippen LogP contribution in [0, 0.1) is 0 Å². The van der Waals surface area contributed by atoms with E-state index in [0.717, 1.165) is 6.54 Å². The van der Waals surface area contributed by atoms with Crippen molar-refractivity contribution in [2.45, 2.75) is 18.9 Å². The quantitative estimate of drug-likeness (QED) is 0.750. The van der Waals surface area contributed by atoms with Crippen LogP contribution in [0.1, 0.15) is 23.2 Å². The van der Waals surface area contributed by atoms with E-state index in [0.29, 0.717) is 18.2 Å². The molecule has 0 radical (unpaired) electrons. The second-order valence-corrected chi connectivity index (χ2v) is 3.94. The Bertz CT molecular complexity index is 347. The number of hydrogen-bond donors (Lipinski definition) is 2. The first-order chi connectivity index (χ1) is 7.27. The number of rotatable bonds is 5. The fraction of sp³-hybridized carbons (Fsp3) is 0.500. The summed E-state index contributed by atoms with van der Waals surface area (Å²) in [6.07, 6.45) is 3.91. The normalized spacial score (nSPS) is 15.3. The zero-order valence-corrected chi connectivity index (χ0v) is 9.01. The van der Waals surface area contributed by atoms with E-state index < -0.39 is 0 Å². The molecule has 0 atom stereocenters. The van der Waals surface area contributed by atoms with Crippen LogP contribution in [0.15, 0.2) is 16.7 Å². The molecule has 0 saturated heterocycles. The number of nitrogens with one attached hydrogen (secondary N) is 2. The van der Waals surface area contributed by atoms with Crippen LogP contribution < -0.4 is 10.6 Å². The average Bonchev–Trinajstić information content (AvgIpc) is 2.94. The lowest BCUT2D eigenvalue weighted by molar-refractivity contribution is 0.0953. The maximum Gasteiger partial charge on any atom is 0.256 e. The van der Waals surface area contributed by atoms with Crippen molar-refractivity contribution < 1.29 is 9.21 Å². The van der Waals surface area contributed by atoms with Gasteiger partial charge in [0, 0.05) is 19.1 Å². The molecule has 5 heteroatoms. The molecule has 82 valence electrons. The summed E-state index contributed by atoms with van der Waals surface area (Å²) >= 11 is 5.66. The van der Waals surface area contributed by atoms with Crippen LogP contribution in [-0.2, 0) is 0 Å². The lowest BCUT2D eigenvalue weighted by Gasteiger charge is -2.04. The maximum absolute atomic E-state index is 11.5. The van der Waals surface area contributed by atoms with E-state index >= 15 is 0 Å². The van der Waals surface area contributed by atoms with Crippen molar-refractivity contribution in [3.63, 3.8) is 0 Å². The van der Waals surface area contributed by atoms with Crippen LogP contribution >= 0.6 is 11.6 Å². The van der Waals surface area contributed by atoms with Gasteiger partial charge in [0.1, 0.15) is 0 Å². The molecule has 0 unspecified atom stereocenters. The first kappa shape index (κ1) is 10.5. The van der Waals surface area contributed by atoms with Crippen molar-refractivity contribution in [1.82, 2.24) is 10.6 Å². The highest BCUT2D eigenvalue weighted by atomic mass is 35.5. The van der Waals surface area contributed by atoms with Gasteiger partial charge in [-0.2, -0.15) is 0 Å². The van der Waals surface area contributed by atoms with Gasteiger partial charge in [0.2, 0.25) is 5.22 Å². The number of halogens is 1. The monoisotopic (exact) mass is 228 g/mol. The third kappa shape index (κ3) is 2.97. The lowest BCUT2D eigenvalue weighted by atomic mass is 10.3. The summed E-state index contributed by atoms with van der Waals surface area (Å²) < 4.78 is 4.83. The highest BCUT2D eigenvalue weighted by Gasteiger charge is 2.19. The van der Waals surface area contributed by atoms with Gasteiger partial charge in [-0.1, -0.05) is 0 Å². The van der Waals surface area contributed by atoms with Gasteiger partial charge in [-0.3, -0.25) is 4.79 Å². The molecule has 1 amide bonds. The smallest absolute Gasteiger partial charge is 0.256 e. The zero-order valence-electron chi connectivity index (χ0n) is 8.25. The molecular formula is C10H13ClN2O2. The molecule has 0 spiro atoms. The lowest BCUT2D eigenvalue weighted by Crippen LogP contribution is -2.32. The predicted octanol–water partition coefficient (Wildman–Crippen LogP) is 1.41. The number of carbonyl (C=O) groups excluding carboxylic acids is 1. The average molecular weight is 229 g/mol. The van der Waals surface area contributed by atoms with Crippen molar-refractivity contribution in [3.05, 3.63) is 23.1 Å². The fourth-order valence-corrected chi connectivity index (χ4v) is 1.49. The van der Waals surface area contributed by atoms with Crippen molar-refractivity contribution in [1.29, 1.82) is 0 Å². The molecule has 1 aromatic rings. The first-order valence-electron chi connectivity index (χ1n) is 5.02. The Morgan fingerprint density at radius 3 is 2.93 bits per heavy atom. The van der Waals surface area contributed by atoms with E-state index in [2.05, 4.69) is 10.6 Å². The Morgan fingerprint density at radius 2 is 2.33 bits per heavy atom. The highest BCUT2D eigenvalue weighted by Crippen LogP contribution is 2.18. The minimum absolute atomic E-state index is 0.141. The van der Waals surface area contributed by atoms with Gasteiger partial charge in [0.05, 0.1) is 11.8 Å². The summed E-state index contributed by atoms with van der Waals surface area (Å²) in [4.78, 5) is 11.5. The molecule has 1 heterocycles. The summed E-state index contributed by atoms with van der Waals surface area (Å²) in [5.41, 5.74) is 0.392. The summed E-state index contributed by atoms with van der Waals surface area (Å²) in [6, 6.07) is 2.23. The summed E-state index contributed by atoms with van der Waals surface area (Å²) in [5, 5.41) is 6.21. The van der Waals surface area contributed by atoms with Gasteiger partial charge in [-0.25, -0.2) is 0 Å². The Morgan fingerprint density at radius 1 is 1.53 bits per heavy atom. The molecule has 0 aliphatic heterocycles. The van der Waals surface area contributed by atoms with Crippen LogP contribution in [0.2, 0.25) is 5.22 Å². The van der Waals surface area contributed by atoms with Crippen LogP contribution in [0.4, 0.5) is 0 Å². The molecule has 1 fully saturated rings. The Labute approximate surface area is 93.0 Å². The van der Waals surface area contributed by atoms with Gasteiger partial charge in [-0.15, -0.1) is 0 Å². The van der Waals surface area contributed by atoms with Crippen LogP contribution in [0.25, 0.3) is 0 Å². The molecular weight excluding hydrogens is 216 g/mol. The summed E-state index contributed by atoms with van der Waals surface area (Å²) in [6.45, 7) is 1.41. The molecule has 15 heavy (non-hydrogen) atoms. The maximum atomic E-state index is 11.5. The van der Waals surface area contributed by atoms with Crippen molar-refractivity contribution in [3.8, 4) is 0 Å². The predicted molar refractivity (Wildman–Crippen MR) is 57.1 cm³/mol. The van der Waals surface area contributed by atoms with Gasteiger partial charge in [0.25, 0.3) is 5.91 Å². The molecule has 2 rings (SSSR count). The second-order valence-electron chi connectivity index (χ2n) is 3.59. The van der Waals surface area contributed by atoms with E-state index in [4.69, 9.17) is 16.0 Å². The number of amides is 1. The third-order valence-corrected chi connectivity index (χ3v) is 2.58. The Balaban J connectivity index is 1.69. The molecule has 1 aliphatic rings. The highest BCUT2D eigenvalue weighted by molar-refractivity contribution is 6.32. The third-order valence-electron chi connectivity index (χ3n) is 2.28. The van der Waals surface area contributed by atoms with E-state index in [9.17, 15) is 4.79 Å². The van der Waals surface area contributed by atoms with E-state index in [1.165, 1.54) is 19.1 Å². The standard InChI is InChI=1S/C10H13ClN2O2/c11-9-8(3-6-15-9)10(14)13-5-4-12-7-1-2-7/h3,6-7,12H,1-2,4-5H2,(H,13,14). The van der Waals surface area contributed by atoms with E-state index in [-0.39, 0.29) is 11.1 Å². The van der Waals surface area contributed by atoms with E-state index in [1.807, 2.05) is 0 Å². The number of furan rings is 1. The SMILES string of the molecule is O=C(NCCNC1CC1)c1ccoc1Cl. The topological polar surface area (TPSA) is 54.3 Å². The van der Waals surface area contributed by atoms with Crippen molar-refractivity contribution >= 4 is 17.5 Å². The van der Waals surface area contributed by atoms with Crippen LogP contribution in [0.3, 0.4) is 0 Å². The number of hydrogen-bond acceptors (Lipinski definition) is 3. The zero-order chi connectivity index (χ0) is 10.7. The largest absolute Gasteiger partial charge is 0.452 e. The van der Waals surface area contributed by atoms with Crippen molar-refractivity contribution in [2.24, 2.45) is 0 Å². The van der Waals surface area contributed by atoms with Gasteiger partial charge in [0.15, 0.2) is 0 Å². The van der Waals surface area contributed by atoms with Crippen LogP contribution in [-0.4, -0.2) is 25.0 Å².